The van der Waals surface area contributed by atoms with Crippen LogP contribution < -0.4 is 15.0 Å². The number of hydrogen-bond acceptors (Lipinski definition) is 5. The highest BCUT2D eigenvalue weighted by Gasteiger charge is 2.27. The van der Waals surface area contributed by atoms with Gasteiger partial charge < -0.3 is 9.47 Å². The van der Waals surface area contributed by atoms with Crippen molar-refractivity contribution < 1.29 is 19.5 Å². The molecule has 1 unspecified atom stereocenters. The van der Waals surface area contributed by atoms with Gasteiger partial charge in [-0.2, -0.15) is 0 Å². The predicted molar refractivity (Wildman–Crippen MR) is 102 cm³/mol. The lowest BCUT2D eigenvalue weighted by Crippen LogP contribution is -2.40. The lowest BCUT2D eigenvalue weighted by atomic mass is 10.0. The summed E-state index contributed by atoms with van der Waals surface area (Å²) in [4.78, 5) is 14.1. The molecule has 27 heavy (non-hydrogen) atoms. The van der Waals surface area contributed by atoms with Crippen molar-refractivity contribution in [3.8, 4) is 11.5 Å². The molecule has 2 aromatic rings. The van der Waals surface area contributed by atoms with Crippen molar-refractivity contribution in [2.75, 3.05) is 13.7 Å². The third-order valence-corrected chi connectivity index (χ3v) is 5.00. The molecule has 2 aromatic carbocycles. The van der Waals surface area contributed by atoms with Crippen molar-refractivity contribution >= 4 is 5.91 Å². The van der Waals surface area contributed by atoms with E-state index in [9.17, 15) is 4.79 Å². The molecule has 1 aliphatic rings. The van der Waals surface area contributed by atoms with Crippen molar-refractivity contribution in [3.63, 3.8) is 0 Å². The van der Waals surface area contributed by atoms with Gasteiger partial charge in [0.25, 0.3) is 5.91 Å². The molecule has 1 atom stereocenters. The Balaban J connectivity index is 1.85. The molecule has 0 bridgehead atoms. The van der Waals surface area contributed by atoms with Crippen LogP contribution in [-0.2, 0) is 13.1 Å². The maximum atomic E-state index is 11.7. The Kier molecular flexibility index (Phi) is 5.98. The van der Waals surface area contributed by atoms with E-state index in [0.717, 1.165) is 24.4 Å². The second-order valence-electron chi connectivity index (χ2n) is 7.14. The fourth-order valence-corrected chi connectivity index (χ4v) is 3.39. The van der Waals surface area contributed by atoms with Crippen molar-refractivity contribution in [1.82, 2.24) is 10.4 Å². The van der Waals surface area contributed by atoms with Gasteiger partial charge in [-0.25, -0.2) is 5.48 Å². The minimum absolute atomic E-state index is 0.245. The van der Waals surface area contributed by atoms with E-state index in [1.807, 2.05) is 18.2 Å². The highest BCUT2D eigenvalue weighted by molar-refractivity contribution is 5.93. The van der Waals surface area contributed by atoms with E-state index in [-0.39, 0.29) is 6.04 Å². The summed E-state index contributed by atoms with van der Waals surface area (Å²) in [5, 5.41) is 8.85. The molecule has 6 nitrogen and oxygen atoms in total. The number of hydrogen-bond donors (Lipinski definition) is 2. The molecule has 1 heterocycles. The monoisotopic (exact) mass is 370 g/mol. The van der Waals surface area contributed by atoms with Gasteiger partial charge in [0.15, 0.2) is 0 Å². The van der Waals surface area contributed by atoms with Gasteiger partial charge in [0.2, 0.25) is 0 Å². The summed E-state index contributed by atoms with van der Waals surface area (Å²) in [6.45, 7) is 6.45. The zero-order chi connectivity index (χ0) is 19.4. The first-order chi connectivity index (χ1) is 13.0. The first kappa shape index (κ1) is 19.2. The maximum absolute atomic E-state index is 11.7. The topological polar surface area (TPSA) is 71.0 Å². The fourth-order valence-electron chi connectivity index (χ4n) is 3.39. The number of nitrogens with zero attached hydrogens (tertiary/aromatic N) is 1. The molecule has 0 saturated heterocycles. The Morgan fingerprint density at radius 1 is 1.30 bits per heavy atom. The smallest absolute Gasteiger partial charge is 0.274 e. The molecule has 0 aliphatic carbocycles. The minimum Gasteiger partial charge on any atom is -0.497 e. The molecule has 6 heteroatoms. The Hall–Kier alpha value is -2.57. The SMILES string of the molecule is COc1ccc(CN2Cc3ccc(C(=O)NO)cc3OCC2C(C)C)cc1. The van der Waals surface area contributed by atoms with Crippen LogP contribution in [0.4, 0.5) is 0 Å². The van der Waals surface area contributed by atoms with E-state index in [2.05, 4.69) is 30.9 Å². The van der Waals surface area contributed by atoms with Crippen LogP contribution >= 0.6 is 0 Å². The second kappa shape index (κ2) is 8.41. The van der Waals surface area contributed by atoms with Gasteiger partial charge in [-0.1, -0.05) is 32.0 Å². The molecule has 0 fully saturated rings. The third kappa shape index (κ3) is 4.40. The molecule has 144 valence electrons. The summed E-state index contributed by atoms with van der Waals surface area (Å²) < 4.78 is 11.3. The van der Waals surface area contributed by atoms with Crippen molar-refractivity contribution in [3.05, 3.63) is 59.2 Å². The molecule has 0 aromatic heterocycles. The van der Waals surface area contributed by atoms with Crippen LogP contribution in [0.3, 0.4) is 0 Å². The van der Waals surface area contributed by atoms with Crippen molar-refractivity contribution in [1.29, 1.82) is 0 Å². The zero-order valence-corrected chi connectivity index (χ0v) is 15.9. The minimum atomic E-state index is -0.541. The second-order valence-corrected chi connectivity index (χ2v) is 7.14. The summed E-state index contributed by atoms with van der Waals surface area (Å²) in [6.07, 6.45) is 0. The Morgan fingerprint density at radius 2 is 2.04 bits per heavy atom. The van der Waals surface area contributed by atoms with Crippen molar-refractivity contribution in [2.24, 2.45) is 5.92 Å². The van der Waals surface area contributed by atoms with E-state index in [4.69, 9.17) is 14.7 Å². The van der Waals surface area contributed by atoms with Crippen LogP contribution in [0.15, 0.2) is 42.5 Å². The standard InChI is InChI=1S/C21H26N2O4/c1-14(2)19-13-27-20-10-16(21(24)22-25)6-7-17(20)12-23(19)11-15-4-8-18(26-3)9-5-15/h4-10,14,19,25H,11-13H2,1-3H3,(H,22,24). The van der Waals surface area contributed by atoms with Crippen LogP contribution in [0.1, 0.15) is 35.3 Å². The van der Waals surface area contributed by atoms with Crippen LogP contribution in [0.5, 0.6) is 11.5 Å². The van der Waals surface area contributed by atoms with Crippen LogP contribution in [0.2, 0.25) is 0 Å². The number of carbonyl (C=O) groups is 1. The Bertz CT molecular complexity index is 789. The number of hydroxylamine groups is 1. The zero-order valence-electron chi connectivity index (χ0n) is 15.9. The molecule has 0 radical (unpaired) electrons. The highest BCUT2D eigenvalue weighted by atomic mass is 16.5. The summed E-state index contributed by atoms with van der Waals surface area (Å²) in [5.41, 5.74) is 4.28. The normalized spacial score (nSPS) is 17.0. The average Bonchev–Trinajstić information content (AvgIpc) is 2.86. The molecule has 2 N–H and O–H groups in total. The average molecular weight is 370 g/mol. The van der Waals surface area contributed by atoms with Crippen LogP contribution in [0.25, 0.3) is 0 Å². The summed E-state index contributed by atoms with van der Waals surface area (Å²) in [5.74, 6) is 1.41. The third-order valence-electron chi connectivity index (χ3n) is 5.00. The molecule has 3 rings (SSSR count). The molecule has 1 amide bonds. The van der Waals surface area contributed by atoms with Crippen LogP contribution in [-0.4, -0.2) is 35.8 Å². The molecular weight excluding hydrogens is 344 g/mol. The number of benzene rings is 2. The van der Waals surface area contributed by atoms with Crippen molar-refractivity contribution in [2.45, 2.75) is 33.0 Å². The lowest BCUT2D eigenvalue weighted by Gasteiger charge is -2.32. The number of ether oxygens (including phenoxy) is 2. The van der Waals surface area contributed by atoms with Gasteiger partial charge in [-0.15, -0.1) is 0 Å². The number of carbonyl (C=O) groups excluding carboxylic acids is 1. The van der Waals surface area contributed by atoms with Gasteiger partial charge in [0, 0.05) is 30.3 Å². The molecule has 1 aliphatic heterocycles. The first-order valence-corrected chi connectivity index (χ1v) is 9.09. The Morgan fingerprint density at radius 3 is 2.67 bits per heavy atom. The van der Waals surface area contributed by atoms with Gasteiger partial charge in [-0.05, 0) is 35.7 Å². The van der Waals surface area contributed by atoms with Gasteiger partial charge in [0.05, 0.1) is 7.11 Å². The quantitative estimate of drug-likeness (QED) is 0.625. The van der Waals surface area contributed by atoms with E-state index in [0.29, 0.717) is 23.8 Å². The largest absolute Gasteiger partial charge is 0.497 e. The molecule has 0 saturated carbocycles. The van der Waals surface area contributed by atoms with Gasteiger partial charge >= 0.3 is 0 Å². The highest BCUT2D eigenvalue weighted by Crippen LogP contribution is 2.30. The first-order valence-electron chi connectivity index (χ1n) is 9.09. The number of rotatable bonds is 5. The molecular formula is C21H26N2O4. The van der Waals surface area contributed by atoms with Gasteiger partial charge in [0.1, 0.15) is 18.1 Å². The maximum Gasteiger partial charge on any atom is 0.274 e. The lowest BCUT2D eigenvalue weighted by molar-refractivity contribution is 0.0705. The number of nitrogens with one attached hydrogen (secondary N) is 1. The van der Waals surface area contributed by atoms with Gasteiger partial charge in [-0.3, -0.25) is 14.9 Å². The fraction of sp³-hybridized carbons (Fsp3) is 0.381. The number of fused-ring (bicyclic) bond motifs is 1. The molecule has 0 spiro atoms. The van der Waals surface area contributed by atoms with Crippen LogP contribution in [0, 0.1) is 5.92 Å². The van der Waals surface area contributed by atoms with E-state index in [1.165, 1.54) is 5.56 Å². The summed E-state index contributed by atoms with van der Waals surface area (Å²) in [7, 11) is 1.66. The predicted octanol–water partition coefficient (Wildman–Crippen LogP) is 3.23. The summed E-state index contributed by atoms with van der Waals surface area (Å²) >= 11 is 0. The van der Waals surface area contributed by atoms with E-state index < -0.39 is 5.91 Å². The van der Waals surface area contributed by atoms with E-state index >= 15 is 0 Å². The number of methoxy groups -OCH3 is 1. The Labute approximate surface area is 159 Å². The summed E-state index contributed by atoms with van der Waals surface area (Å²) in [6, 6.07) is 13.6. The number of amides is 1. The van der Waals surface area contributed by atoms with E-state index in [1.54, 1.807) is 24.7 Å².